The summed E-state index contributed by atoms with van der Waals surface area (Å²) < 4.78 is 3.20. The number of benzene rings is 1. The lowest BCUT2D eigenvalue weighted by Gasteiger charge is -2.45. The Bertz CT molecular complexity index is 1260. The van der Waals surface area contributed by atoms with Crippen LogP contribution in [0.2, 0.25) is 0 Å². The zero-order valence-corrected chi connectivity index (χ0v) is 21.7. The Morgan fingerprint density at radius 2 is 1.88 bits per heavy atom. The molecule has 3 aromatic rings. The van der Waals surface area contributed by atoms with E-state index in [4.69, 9.17) is 0 Å². The molecular formula is C28H35N3O2S. The predicted molar refractivity (Wildman–Crippen MR) is 140 cm³/mol. The molecule has 1 aromatic carbocycles. The summed E-state index contributed by atoms with van der Waals surface area (Å²) in [6, 6.07) is 10.5. The molecule has 0 saturated heterocycles. The van der Waals surface area contributed by atoms with E-state index in [1.54, 1.807) is 16.2 Å². The van der Waals surface area contributed by atoms with Crippen molar-refractivity contribution in [2.45, 2.75) is 84.8 Å². The largest absolute Gasteiger partial charge is 0.351 e. The van der Waals surface area contributed by atoms with Gasteiger partial charge in [0.2, 0.25) is 5.91 Å². The highest BCUT2D eigenvalue weighted by atomic mass is 32.1. The van der Waals surface area contributed by atoms with Gasteiger partial charge in [0, 0.05) is 16.6 Å². The Morgan fingerprint density at radius 1 is 1.15 bits per heavy atom. The number of hydrogen-bond acceptors (Lipinski definition) is 3. The van der Waals surface area contributed by atoms with Crippen LogP contribution < -0.4 is 10.2 Å². The van der Waals surface area contributed by atoms with Crippen molar-refractivity contribution in [3.05, 3.63) is 52.0 Å². The molecule has 5 nitrogen and oxygen atoms in total. The van der Waals surface area contributed by atoms with E-state index in [0.29, 0.717) is 18.2 Å². The van der Waals surface area contributed by atoms with Gasteiger partial charge in [-0.1, -0.05) is 26.0 Å². The molecule has 1 aliphatic carbocycles. The first-order valence-corrected chi connectivity index (χ1v) is 13.4. The number of fused-ring (bicyclic) bond motifs is 3. The Labute approximate surface area is 206 Å². The first-order valence-electron chi connectivity index (χ1n) is 12.6. The number of carbonyl (C=O) groups is 2. The third-order valence-corrected chi connectivity index (χ3v) is 9.03. The molecule has 1 saturated carbocycles. The van der Waals surface area contributed by atoms with Crippen molar-refractivity contribution >= 4 is 39.1 Å². The van der Waals surface area contributed by atoms with Crippen LogP contribution in [0, 0.1) is 19.8 Å². The molecule has 2 aliphatic rings. The van der Waals surface area contributed by atoms with E-state index in [2.05, 4.69) is 35.9 Å². The smallest absolute Gasteiger partial charge is 0.275 e. The molecule has 1 N–H and O–H groups in total. The normalized spacial score (nSPS) is 25.0. The van der Waals surface area contributed by atoms with Crippen LogP contribution in [0.1, 0.15) is 72.9 Å². The minimum absolute atomic E-state index is 0.0558. The van der Waals surface area contributed by atoms with E-state index in [-0.39, 0.29) is 17.9 Å². The maximum atomic E-state index is 14.1. The standard InChI is InChI=1S/C28H35N3O2S/c1-6-21-14-23-25(34-21)15-24-26(32)31(22-13-18(3)7-10-19(22)4)28(5,16-30(23)24)27(33)29-20-11-8-17(2)9-12-20/h7,10,13-15,17,20H,6,8-9,11-12,16H2,1-5H3,(H,29,33)/t17?,20?,28-/m0/s1. The molecule has 3 heterocycles. The number of amides is 2. The SMILES string of the molecule is CCc1cc2c(cc3n2C[C@@](C)(C(=O)NC2CCC(C)CC2)N(c2cc(C)ccc2C)C3=O)s1. The van der Waals surface area contributed by atoms with Gasteiger partial charge in [-0.05, 0) is 88.1 Å². The van der Waals surface area contributed by atoms with Crippen molar-refractivity contribution < 1.29 is 9.59 Å². The van der Waals surface area contributed by atoms with Crippen LogP contribution in [0.15, 0.2) is 30.3 Å². The van der Waals surface area contributed by atoms with Gasteiger partial charge in [-0.15, -0.1) is 11.3 Å². The van der Waals surface area contributed by atoms with E-state index in [1.165, 1.54) is 4.88 Å². The molecule has 1 atom stereocenters. The summed E-state index contributed by atoms with van der Waals surface area (Å²) in [5.74, 6) is 0.560. The number of rotatable bonds is 4. The third-order valence-electron chi connectivity index (χ3n) is 7.82. The predicted octanol–water partition coefficient (Wildman–Crippen LogP) is 6.00. The number of nitrogens with zero attached hydrogens (tertiary/aromatic N) is 2. The van der Waals surface area contributed by atoms with Crippen molar-refractivity contribution in [3.63, 3.8) is 0 Å². The fourth-order valence-electron chi connectivity index (χ4n) is 5.59. The number of carbonyl (C=O) groups excluding carboxylic acids is 2. The second-order valence-corrected chi connectivity index (χ2v) is 11.7. The molecule has 2 aromatic heterocycles. The maximum Gasteiger partial charge on any atom is 0.275 e. The first-order chi connectivity index (χ1) is 16.2. The molecule has 1 aliphatic heterocycles. The van der Waals surface area contributed by atoms with Gasteiger partial charge < -0.3 is 9.88 Å². The molecule has 34 heavy (non-hydrogen) atoms. The Kier molecular flexibility index (Phi) is 5.83. The van der Waals surface area contributed by atoms with Crippen LogP contribution in [0.5, 0.6) is 0 Å². The van der Waals surface area contributed by atoms with E-state index < -0.39 is 5.54 Å². The van der Waals surface area contributed by atoms with Gasteiger partial charge >= 0.3 is 0 Å². The van der Waals surface area contributed by atoms with Gasteiger partial charge in [0.05, 0.1) is 16.8 Å². The average molecular weight is 478 g/mol. The number of aryl methyl sites for hydroxylation is 3. The number of nitrogens with one attached hydrogen (secondary N) is 1. The maximum absolute atomic E-state index is 14.1. The van der Waals surface area contributed by atoms with E-state index in [0.717, 1.165) is 59.1 Å². The molecule has 5 rings (SSSR count). The summed E-state index contributed by atoms with van der Waals surface area (Å²) in [7, 11) is 0. The fourth-order valence-corrected chi connectivity index (χ4v) is 6.63. The highest BCUT2D eigenvalue weighted by Gasteiger charge is 2.49. The zero-order valence-electron chi connectivity index (χ0n) is 20.9. The van der Waals surface area contributed by atoms with Crippen molar-refractivity contribution in [1.29, 1.82) is 0 Å². The van der Waals surface area contributed by atoms with E-state index in [1.807, 2.05) is 39.0 Å². The second kappa shape index (κ2) is 8.56. The summed E-state index contributed by atoms with van der Waals surface area (Å²) in [6.45, 7) is 10.9. The van der Waals surface area contributed by atoms with Gasteiger partial charge in [-0.3, -0.25) is 14.5 Å². The molecule has 180 valence electrons. The van der Waals surface area contributed by atoms with Crippen molar-refractivity contribution in [1.82, 2.24) is 9.88 Å². The number of hydrogen-bond donors (Lipinski definition) is 1. The minimum atomic E-state index is -1.02. The zero-order chi connectivity index (χ0) is 24.2. The lowest BCUT2D eigenvalue weighted by Crippen LogP contribution is -2.65. The third kappa shape index (κ3) is 3.76. The van der Waals surface area contributed by atoms with Gasteiger partial charge in [-0.2, -0.15) is 0 Å². The molecule has 0 bridgehead atoms. The minimum Gasteiger partial charge on any atom is -0.351 e. The highest BCUT2D eigenvalue weighted by Crippen LogP contribution is 2.40. The summed E-state index contributed by atoms with van der Waals surface area (Å²) in [6.07, 6.45) is 5.25. The Morgan fingerprint density at radius 3 is 2.59 bits per heavy atom. The molecule has 0 radical (unpaired) electrons. The monoisotopic (exact) mass is 477 g/mol. The van der Waals surface area contributed by atoms with Gasteiger partial charge in [0.1, 0.15) is 11.2 Å². The van der Waals surface area contributed by atoms with Crippen LogP contribution >= 0.6 is 11.3 Å². The lowest BCUT2D eigenvalue weighted by molar-refractivity contribution is -0.127. The molecule has 1 fully saturated rings. The van der Waals surface area contributed by atoms with E-state index >= 15 is 0 Å². The van der Waals surface area contributed by atoms with Crippen molar-refractivity contribution in [2.24, 2.45) is 5.92 Å². The molecule has 0 spiro atoms. The topological polar surface area (TPSA) is 54.3 Å². The molecule has 6 heteroatoms. The summed E-state index contributed by atoms with van der Waals surface area (Å²) in [5.41, 5.74) is 3.61. The van der Waals surface area contributed by atoms with Crippen LogP contribution in [-0.4, -0.2) is 28.0 Å². The number of thiophene rings is 1. The van der Waals surface area contributed by atoms with Crippen LogP contribution in [0.3, 0.4) is 0 Å². The number of aromatic nitrogens is 1. The summed E-state index contributed by atoms with van der Waals surface area (Å²) >= 11 is 1.74. The first kappa shape index (κ1) is 23.2. The second-order valence-electron chi connectivity index (χ2n) is 10.6. The lowest BCUT2D eigenvalue weighted by atomic mass is 9.86. The summed E-state index contributed by atoms with van der Waals surface area (Å²) in [4.78, 5) is 31.2. The average Bonchev–Trinajstić information content (AvgIpc) is 3.36. The summed E-state index contributed by atoms with van der Waals surface area (Å²) in [5, 5.41) is 3.35. The molecular weight excluding hydrogens is 442 g/mol. The Hall–Kier alpha value is -2.60. The van der Waals surface area contributed by atoms with Gasteiger partial charge in [0.15, 0.2) is 0 Å². The van der Waals surface area contributed by atoms with Crippen LogP contribution in [0.4, 0.5) is 5.69 Å². The van der Waals surface area contributed by atoms with Gasteiger partial charge in [-0.25, -0.2) is 0 Å². The van der Waals surface area contributed by atoms with Crippen LogP contribution in [-0.2, 0) is 17.8 Å². The van der Waals surface area contributed by atoms with E-state index in [9.17, 15) is 9.59 Å². The van der Waals surface area contributed by atoms with Crippen molar-refractivity contribution in [3.8, 4) is 0 Å². The molecule has 2 amide bonds. The Balaban J connectivity index is 1.60. The van der Waals surface area contributed by atoms with Crippen molar-refractivity contribution in [2.75, 3.05) is 4.90 Å². The highest BCUT2D eigenvalue weighted by molar-refractivity contribution is 7.19. The van der Waals surface area contributed by atoms with Gasteiger partial charge in [0.25, 0.3) is 5.91 Å². The quantitative estimate of drug-likeness (QED) is 0.501. The van der Waals surface area contributed by atoms with Crippen LogP contribution in [0.25, 0.3) is 10.2 Å². The molecule has 0 unspecified atom stereocenters. The number of anilines is 1. The fraction of sp³-hybridized carbons (Fsp3) is 0.500.